The summed E-state index contributed by atoms with van der Waals surface area (Å²) in [5, 5.41) is -2.57. The molecule has 0 bridgehead atoms. The summed E-state index contributed by atoms with van der Waals surface area (Å²) in [5.74, 6) is 1.12. The molecule has 0 N–H and O–H groups in total. The first-order valence-corrected chi connectivity index (χ1v) is 10.5. The van der Waals surface area contributed by atoms with Crippen LogP contribution in [-0.2, 0) is 23.1 Å². The fraction of sp³-hybridized carbons (Fsp3) is 0.333. The fourth-order valence-electron chi connectivity index (χ4n) is 2.86. The highest BCUT2D eigenvalue weighted by Gasteiger charge is 2.50. The first-order valence-electron chi connectivity index (χ1n) is 9.04. The van der Waals surface area contributed by atoms with Gasteiger partial charge in [0.05, 0.1) is 14.2 Å². The summed E-state index contributed by atoms with van der Waals surface area (Å²) in [7, 11) is -1.77. The maximum atomic E-state index is 13.6. The van der Waals surface area contributed by atoms with Gasteiger partial charge in [-0.25, -0.2) is 8.42 Å². The molecule has 1 atom stereocenters. The topological polar surface area (TPSA) is 55.8 Å². The van der Waals surface area contributed by atoms with Gasteiger partial charge in [-0.05, 0) is 41.8 Å². The van der Waals surface area contributed by atoms with Gasteiger partial charge in [0.15, 0.2) is 5.25 Å². The maximum Gasteiger partial charge on any atom is 0.407 e. The highest BCUT2D eigenvalue weighted by atomic mass is 32.2. The summed E-state index contributed by atoms with van der Waals surface area (Å²) < 4.78 is 77.7. The molecule has 30 heavy (non-hydrogen) atoms. The van der Waals surface area contributed by atoms with E-state index in [0.29, 0.717) is 22.6 Å². The number of rotatable bonds is 10. The summed E-state index contributed by atoms with van der Waals surface area (Å²) in [4.78, 5) is 0. The third-order valence-electron chi connectivity index (χ3n) is 4.50. The summed E-state index contributed by atoms with van der Waals surface area (Å²) in [5.41, 5.74) is 1.07. The van der Waals surface area contributed by atoms with Gasteiger partial charge in [-0.15, -0.1) is 6.58 Å². The van der Waals surface area contributed by atoms with E-state index in [0.717, 1.165) is 10.4 Å². The Kier molecular flexibility index (Phi) is 7.91. The zero-order valence-electron chi connectivity index (χ0n) is 16.7. The van der Waals surface area contributed by atoms with E-state index in [2.05, 4.69) is 6.58 Å². The second kappa shape index (κ2) is 9.99. The zero-order chi connectivity index (χ0) is 22.4. The van der Waals surface area contributed by atoms with Gasteiger partial charge in [-0.3, -0.25) is 0 Å². The molecular weight excluding hydrogens is 419 g/mol. The number of sulfonamides is 1. The summed E-state index contributed by atoms with van der Waals surface area (Å²) in [6.07, 6.45) is -4.69. The van der Waals surface area contributed by atoms with Crippen molar-refractivity contribution in [2.45, 2.75) is 30.9 Å². The van der Waals surface area contributed by atoms with Gasteiger partial charge >= 0.3 is 6.18 Å². The van der Waals surface area contributed by atoms with Crippen LogP contribution in [0, 0.1) is 0 Å². The number of allylic oxidation sites excluding steroid dienone is 1. The summed E-state index contributed by atoms with van der Waals surface area (Å²) in [6.45, 7) is 2.84. The number of ether oxygens (including phenoxy) is 2. The molecule has 0 heterocycles. The second-order valence-corrected chi connectivity index (χ2v) is 8.68. The molecule has 0 aliphatic rings. The van der Waals surface area contributed by atoms with Gasteiger partial charge < -0.3 is 9.47 Å². The van der Waals surface area contributed by atoms with Crippen LogP contribution in [-0.4, -0.2) is 38.4 Å². The standard InChI is InChI=1S/C21H24F3NO4S/c1-4-5-20(21(22,23)24)30(26,27)25(14-16-6-10-18(28-2)11-7-16)15-17-8-12-19(29-3)13-9-17/h4,6-13,20H,1,5,14-15H2,2-3H3/t20-/m0/s1. The van der Waals surface area contributed by atoms with Crippen LogP contribution in [0.1, 0.15) is 17.5 Å². The Hall–Kier alpha value is -2.52. The molecule has 5 nitrogen and oxygen atoms in total. The van der Waals surface area contributed by atoms with Crippen molar-refractivity contribution >= 4 is 10.0 Å². The van der Waals surface area contributed by atoms with Gasteiger partial charge in [-0.2, -0.15) is 17.5 Å². The zero-order valence-corrected chi connectivity index (χ0v) is 17.5. The van der Waals surface area contributed by atoms with Gasteiger partial charge in [0.25, 0.3) is 0 Å². The van der Waals surface area contributed by atoms with Gasteiger partial charge in [0, 0.05) is 13.1 Å². The predicted molar refractivity (Wildman–Crippen MR) is 109 cm³/mol. The minimum atomic E-state index is -4.93. The predicted octanol–water partition coefficient (Wildman–Crippen LogP) is 4.54. The second-order valence-electron chi connectivity index (χ2n) is 6.56. The Labute approximate surface area is 174 Å². The Morgan fingerprint density at radius 3 is 1.63 bits per heavy atom. The average molecular weight is 443 g/mol. The first kappa shape index (κ1) is 23.8. The largest absolute Gasteiger partial charge is 0.497 e. The first-order chi connectivity index (χ1) is 14.1. The Bertz CT molecular complexity index is 877. The summed E-state index contributed by atoms with van der Waals surface area (Å²) >= 11 is 0. The summed E-state index contributed by atoms with van der Waals surface area (Å²) in [6, 6.07) is 13.0. The van der Waals surface area contributed by atoms with Crippen LogP contribution in [0.2, 0.25) is 0 Å². The molecule has 0 aliphatic carbocycles. The van der Waals surface area contributed by atoms with E-state index in [1.165, 1.54) is 14.2 Å². The highest BCUT2D eigenvalue weighted by molar-refractivity contribution is 7.89. The van der Waals surface area contributed by atoms with Gasteiger partial charge in [0.2, 0.25) is 10.0 Å². The van der Waals surface area contributed by atoms with Crippen LogP contribution in [0.15, 0.2) is 61.2 Å². The molecule has 0 spiro atoms. The molecule has 2 aromatic carbocycles. The molecular formula is C21H24F3NO4S. The SMILES string of the molecule is C=CC[C@@H](C(F)(F)F)S(=O)(=O)N(Cc1ccc(OC)cc1)Cc1ccc(OC)cc1. The Morgan fingerprint density at radius 1 is 0.933 bits per heavy atom. The quantitative estimate of drug-likeness (QED) is 0.506. The molecule has 2 aromatic rings. The van der Waals surface area contributed by atoms with Gasteiger partial charge in [0.1, 0.15) is 11.5 Å². The molecule has 2 rings (SSSR count). The van der Waals surface area contributed by atoms with Crippen LogP contribution >= 0.6 is 0 Å². The van der Waals surface area contributed by atoms with E-state index >= 15 is 0 Å². The lowest BCUT2D eigenvalue weighted by molar-refractivity contribution is -0.130. The van der Waals surface area contributed by atoms with Crippen LogP contribution in [0.3, 0.4) is 0 Å². The molecule has 0 radical (unpaired) electrons. The van der Waals surface area contributed by atoms with Crippen molar-refractivity contribution in [3.8, 4) is 11.5 Å². The minimum Gasteiger partial charge on any atom is -0.497 e. The minimum absolute atomic E-state index is 0.220. The normalized spacial score (nSPS) is 13.1. The maximum absolute atomic E-state index is 13.6. The number of hydrogen-bond donors (Lipinski definition) is 0. The molecule has 0 fully saturated rings. The number of hydrogen-bond acceptors (Lipinski definition) is 4. The van der Waals surface area contributed by atoms with Crippen molar-refractivity contribution in [1.29, 1.82) is 0 Å². The molecule has 0 aliphatic heterocycles. The third kappa shape index (κ3) is 5.99. The van der Waals surface area contributed by atoms with E-state index in [1.807, 2.05) is 0 Å². The van der Waals surface area contributed by atoms with E-state index < -0.39 is 27.9 Å². The average Bonchev–Trinajstić information content (AvgIpc) is 2.71. The molecule has 9 heteroatoms. The monoisotopic (exact) mass is 443 g/mol. The van der Waals surface area contributed by atoms with Crippen LogP contribution in [0.5, 0.6) is 11.5 Å². The van der Waals surface area contributed by atoms with Crippen LogP contribution in [0.25, 0.3) is 0 Å². The Balaban J connectivity index is 2.42. The molecule has 0 unspecified atom stereocenters. The molecule has 0 saturated heterocycles. The number of methoxy groups -OCH3 is 2. The van der Waals surface area contributed by atoms with Crippen molar-refractivity contribution < 1.29 is 31.1 Å². The van der Waals surface area contributed by atoms with Gasteiger partial charge in [-0.1, -0.05) is 30.3 Å². The lowest BCUT2D eigenvalue weighted by Gasteiger charge is -2.28. The smallest absolute Gasteiger partial charge is 0.407 e. The molecule has 164 valence electrons. The van der Waals surface area contributed by atoms with E-state index in [4.69, 9.17) is 9.47 Å². The molecule has 0 amide bonds. The lowest BCUT2D eigenvalue weighted by Crippen LogP contribution is -2.45. The van der Waals surface area contributed by atoms with Crippen molar-refractivity contribution in [3.63, 3.8) is 0 Å². The van der Waals surface area contributed by atoms with Crippen molar-refractivity contribution in [2.24, 2.45) is 0 Å². The van der Waals surface area contributed by atoms with E-state index in [-0.39, 0.29) is 13.1 Å². The lowest BCUT2D eigenvalue weighted by atomic mass is 10.2. The van der Waals surface area contributed by atoms with Crippen molar-refractivity contribution in [2.75, 3.05) is 14.2 Å². The molecule has 0 saturated carbocycles. The number of nitrogens with zero attached hydrogens (tertiary/aromatic N) is 1. The van der Waals surface area contributed by atoms with Crippen LogP contribution in [0.4, 0.5) is 13.2 Å². The van der Waals surface area contributed by atoms with Crippen molar-refractivity contribution in [3.05, 3.63) is 72.3 Å². The molecule has 0 aromatic heterocycles. The fourth-order valence-corrected chi connectivity index (χ4v) is 4.60. The highest BCUT2D eigenvalue weighted by Crippen LogP contribution is 2.32. The number of alkyl halides is 3. The van der Waals surface area contributed by atoms with Crippen molar-refractivity contribution in [1.82, 2.24) is 4.31 Å². The van der Waals surface area contributed by atoms with Crippen LogP contribution < -0.4 is 9.47 Å². The van der Waals surface area contributed by atoms with E-state index in [1.54, 1.807) is 48.5 Å². The number of benzene rings is 2. The van der Waals surface area contributed by atoms with E-state index in [9.17, 15) is 21.6 Å². The Morgan fingerprint density at radius 2 is 1.33 bits per heavy atom. The third-order valence-corrected chi connectivity index (χ3v) is 6.66. The number of halogens is 3.